The van der Waals surface area contributed by atoms with E-state index >= 15 is 0 Å². The lowest BCUT2D eigenvalue weighted by atomic mass is 10.1. The van der Waals surface area contributed by atoms with Gasteiger partial charge in [-0.15, -0.1) is 11.3 Å². The number of amides is 1. The third kappa shape index (κ3) is 4.79. The first-order valence-corrected chi connectivity index (χ1v) is 13.4. The summed E-state index contributed by atoms with van der Waals surface area (Å²) in [5.74, 6) is 0.528. The number of Topliss-reactive ketones (excluding diaryl/α,β-unsaturated/α-hetero) is 1. The van der Waals surface area contributed by atoms with E-state index in [1.54, 1.807) is 25.5 Å². The average molecular weight is 537 g/mol. The molecule has 0 radical (unpaired) electrons. The lowest BCUT2D eigenvalue weighted by Gasteiger charge is -2.07. The predicted octanol–water partition coefficient (Wildman–Crippen LogP) is 6.02. The molecule has 39 heavy (non-hydrogen) atoms. The summed E-state index contributed by atoms with van der Waals surface area (Å²) in [6, 6.07) is 11.3. The van der Waals surface area contributed by atoms with Crippen LogP contribution in [-0.2, 0) is 4.79 Å². The van der Waals surface area contributed by atoms with E-state index in [-0.39, 0.29) is 11.7 Å². The molecule has 0 saturated carbocycles. The highest BCUT2D eigenvalue weighted by molar-refractivity contribution is 7.17. The van der Waals surface area contributed by atoms with Gasteiger partial charge in [-0.1, -0.05) is 13.3 Å². The van der Waals surface area contributed by atoms with Gasteiger partial charge in [-0.3, -0.25) is 19.7 Å². The molecule has 0 aliphatic rings. The van der Waals surface area contributed by atoms with E-state index in [0.29, 0.717) is 45.4 Å². The topological polar surface area (TPSA) is 142 Å². The highest BCUT2D eigenvalue weighted by atomic mass is 32.1. The number of aromatic amines is 2. The fraction of sp³-hybridized carbons (Fsp3) is 0.179. The van der Waals surface area contributed by atoms with Crippen molar-refractivity contribution in [3.8, 4) is 33.2 Å². The van der Waals surface area contributed by atoms with Crippen LogP contribution in [0.1, 0.15) is 42.8 Å². The molecule has 0 atom stereocenters. The predicted molar refractivity (Wildman–Crippen MR) is 151 cm³/mol. The van der Waals surface area contributed by atoms with Crippen molar-refractivity contribution >= 4 is 50.9 Å². The number of pyridine rings is 3. The molecule has 6 rings (SSSR count). The van der Waals surface area contributed by atoms with Crippen LogP contribution in [0, 0.1) is 0 Å². The first kappa shape index (κ1) is 24.6. The van der Waals surface area contributed by atoms with Crippen LogP contribution in [0.15, 0.2) is 55.0 Å². The fourth-order valence-corrected chi connectivity index (χ4v) is 5.27. The maximum absolute atomic E-state index is 12.2. The Morgan fingerprint density at radius 1 is 1.08 bits per heavy atom. The smallest absolute Gasteiger partial charge is 0.224 e. The maximum Gasteiger partial charge on any atom is 0.224 e. The van der Waals surface area contributed by atoms with Crippen molar-refractivity contribution in [1.29, 1.82) is 0 Å². The Morgan fingerprint density at radius 3 is 2.79 bits per heavy atom. The summed E-state index contributed by atoms with van der Waals surface area (Å²) in [6.07, 6.45) is 7.31. The van der Waals surface area contributed by atoms with Gasteiger partial charge in [0, 0.05) is 34.8 Å². The van der Waals surface area contributed by atoms with E-state index in [9.17, 15) is 9.59 Å². The van der Waals surface area contributed by atoms with Crippen molar-refractivity contribution in [2.45, 2.75) is 33.1 Å². The largest absolute Gasteiger partial charge is 0.335 e. The van der Waals surface area contributed by atoms with Crippen LogP contribution in [0.25, 0.3) is 55.4 Å². The van der Waals surface area contributed by atoms with Crippen molar-refractivity contribution in [3.05, 3.63) is 59.9 Å². The van der Waals surface area contributed by atoms with Crippen molar-refractivity contribution in [2.75, 3.05) is 5.32 Å². The number of imidazole rings is 1. The van der Waals surface area contributed by atoms with Gasteiger partial charge in [0.1, 0.15) is 5.52 Å². The van der Waals surface area contributed by atoms with Gasteiger partial charge in [0.15, 0.2) is 22.9 Å². The standard InChI is InChI=1S/C28H24N8O2S/c1-3-4-5-23(38)31-17-12-16(13-29-14-17)19-6-7-20-25(32-19)26(36-35-20)28-33-24-18(10-11-30-27(24)34-28)22-9-8-21(39-22)15(2)37/h6-14H,3-5H2,1-2H3,(H,31,38)(H,35,36)(H,30,33,34). The average Bonchev–Trinajstić information content (AvgIpc) is 3.69. The van der Waals surface area contributed by atoms with E-state index in [0.717, 1.165) is 39.9 Å². The number of aromatic nitrogens is 7. The van der Waals surface area contributed by atoms with Crippen LogP contribution in [0.4, 0.5) is 5.69 Å². The van der Waals surface area contributed by atoms with Gasteiger partial charge in [-0.2, -0.15) is 5.10 Å². The Balaban J connectivity index is 1.36. The van der Waals surface area contributed by atoms with Crippen LogP contribution in [-0.4, -0.2) is 46.8 Å². The molecule has 3 N–H and O–H groups in total. The second-order valence-electron chi connectivity index (χ2n) is 9.14. The van der Waals surface area contributed by atoms with Gasteiger partial charge in [-0.25, -0.2) is 15.0 Å². The second-order valence-corrected chi connectivity index (χ2v) is 10.2. The number of nitrogens with zero attached hydrogens (tertiary/aromatic N) is 5. The van der Waals surface area contributed by atoms with Crippen LogP contribution in [0.2, 0.25) is 0 Å². The summed E-state index contributed by atoms with van der Waals surface area (Å²) < 4.78 is 0. The number of fused-ring (bicyclic) bond motifs is 2. The Hall–Kier alpha value is -4.77. The first-order valence-electron chi connectivity index (χ1n) is 12.6. The van der Waals surface area contributed by atoms with Crippen LogP contribution < -0.4 is 5.32 Å². The molecule has 10 nitrogen and oxygen atoms in total. The number of carbonyl (C=O) groups is 2. The zero-order valence-corrected chi connectivity index (χ0v) is 22.1. The summed E-state index contributed by atoms with van der Waals surface area (Å²) in [4.78, 5) is 47.3. The minimum atomic E-state index is -0.0331. The lowest BCUT2D eigenvalue weighted by Crippen LogP contribution is -2.11. The molecular formula is C28H24N8O2S. The molecule has 6 heterocycles. The molecule has 0 fully saturated rings. The SMILES string of the molecule is CCCCC(=O)Nc1cncc(-c2ccc3[nH]nc(-c4nc5nccc(-c6ccc(C(C)=O)s6)c5[nH]4)c3n2)c1. The lowest BCUT2D eigenvalue weighted by molar-refractivity contribution is -0.116. The number of hydrogen-bond acceptors (Lipinski definition) is 8. The molecule has 0 saturated heterocycles. The summed E-state index contributed by atoms with van der Waals surface area (Å²) in [5, 5.41) is 10.4. The zero-order chi connectivity index (χ0) is 26.9. The summed E-state index contributed by atoms with van der Waals surface area (Å²) in [6.45, 7) is 3.61. The van der Waals surface area contributed by atoms with E-state index < -0.39 is 0 Å². The Kier molecular flexibility index (Phi) is 6.41. The Bertz CT molecular complexity index is 1850. The highest BCUT2D eigenvalue weighted by Crippen LogP contribution is 2.34. The van der Waals surface area contributed by atoms with Crippen molar-refractivity contribution in [1.82, 2.24) is 35.1 Å². The molecule has 0 aliphatic carbocycles. The van der Waals surface area contributed by atoms with Crippen LogP contribution in [0.5, 0.6) is 0 Å². The quantitative estimate of drug-likeness (QED) is 0.202. The normalized spacial score (nSPS) is 11.3. The van der Waals surface area contributed by atoms with Gasteiger partial charge in [0.05, 0.1) is 33.5 Å². The van der Waals surface area contributed by atoms with E-state index in [1.807, 2.05) is 36.4 Å². The second kappa shape index (κ2) is 10.2. The minimum Gasteiger partial charge on any atom is -0.335 e. The Labute approximate surface area is 227 Å². The van der Waals surface area contributed by atoms with Crippen molar-refractivity contribution < 1.29 is 9.59 Å². The van der Waals surface area contributed by atoms with Crippen LogP contribution >= 0.6 is 11.3 Å². The third-order valence-electron chi connectivity index (χ3n) is 6.32. The summed E-state index contributed by atoms with van der Waals surface area (Å²) >= 11 is 1.43. The van der Waals surface area contributed by atoms with Gasteiger partial charge >= 0.3 is 0 Å². The van der Waals surface area contributed by atoms with E-state index in [4.69, 9.17) is 9.97 Å². The minimum absolute atomic E-state index is 0.0331. The molecule has 0 unspecified atom stereocenters. The van der Waals surface area contributed by atoms with Gasteiger partial charge in [-0.05, 0) is 49.7 Å². The van der Waals surface area contributed by atoms with Crippen molar-refractivity contribution in [3.63, 3.8) is 0 Å². The van der Waals surface area contributed by atoms with E-state index in [2.05, 4.69) is 37.4 Å². The zero-order valence-electron chi connectivity index (χ0n) is 21.3. The maximum atomic E-state index is 12.2. The van der Waals surface area contributed by atoms with Gasteiger partial charge in [0.2, 0.25) is 5.91 Å². The number of H-pyrrole nitrogens is 2. The van der Waals surface area contributed by atoms with Gasteiger partial charge in [0.25, 0.3) is 0 Å². The molecule has 0 aromatic carbocycles. The first-order chi connectivity index (χ1) is 19.0. The number of nitrogens with one attached hydrogen (secondary N) is 3. The number of rotatable bonds is 8. The number of ketones is 1. The molecule has 194 valence electrons. The number of thiophene rings is 1. The number of carbonyl (C=O) groups excluding carboxylic acids is 2. The Morgan fingerprint density at radius 2 is 1.97 bits per heavy atom. The summed E-state index contributed by atoms with van der Waals surface area (Å²) in [7, 11) is 0. The monoisotopic (exact) mass is 536 g/mol. The highest BCUT2D eigenvalue weighted by Gasteiger charge is 2.18. The molecule has 11 heteroatoms. The van der Waals surface area contributed by atoms with Gasteiger partial charge < -0.3 is 10.3 Å². The molecule has 6 aromatic heterocycles. The molecule has 0 spiro atoms. The molecule has 1 amide bonds. The third-order valence-corrected chi connectivity index (χ3v) is 7.54. The molecule has 6 aromatic rings. The van der Waals surface area contributed by atoms with Crippen LogP contribution in [0.3, 0.4) is 0 Å². The molecular weight excluding hydrogens is 512 g/mol. The number of hydrogen-bond donors (Lipinski definition) is 3. The summed E-state index contributed by atoms with van der Waals surface area (Å²) in [5.41, 5.74) is 6.25. The number of unbranched alkanes of at least 4 members (excludes halogenated alkanes) is 1. The fourth-order valence-electron chi connectivity index (χ4n) is 4.33. The molecule has 0 bridgehead atoms. The number of anilines is 1. The molecule has 0 aliphatic heterocycles. The van der Waals surface area contributed by atoms with Crippen molar-refractivity contribution in [2.24, 2.45) is 0 Å². The van der Waals surface area contributed by atoms with E-state index in [1.165, 1.54) is 11.3 Å².